The monoisotopic (exact) mass is 338 g/mol. The number of thiophene rings is 1. The van der Waals surface area contributed by atoms with Crippen LogP contribution >= 0.6 is 27.3 Å². The molecule has 1 heterocycles. The van der Waals surface area contributed by atoms with Gasteiger partial charge < -0.3 is 4.74 Å². The third kappa shape index (κ3) is 4.80. The van der Waals surface area contributed by atoms with Crippen molar-refractivity contribution in [3.05, 3.63) is 50.6 Å². The highest BCUT2D eigenvalue weighted by atomic mass is 79.9. The van der Waals surface area contributed by atoms with Crippen LogP contribution in [0.15, 0.2) is 40.2 Å². The summed E-state index contributed by atoms with van der Waals surface area (Å²) in [6.07, 6.45) is 0.941. The Labute approximate surface area is 125 Å². The van der Waals surface area contributed by atoms with Gasteiger partial charge in [-0.3, -0.25) is 4.79 Å². The Balaban J connectivity index is 1.75. The maximum absolute atomic E-state index is 11.8. The molecule has 19 heavy (non-hydrogen) atoms. The standard InChI is InChI=1S/C15H15BrO2S/c1-11-3-2-4-14(7-11)18-6-5-13(17)9-15-8-12(16)10-19-15/h2-4,7-8,10H,5-6,9H2,1H3. The van der Waals surface area contributed by atoms with Gasteiger partial charge >= 0.3 is 0 Å². The number of Topliss-reactive ketones (excluding diaryl/α,β-unsaturated/α-hetero) is 1. The first-order valence-electron chi connectivity index (χ1n) is 6.07. The minimum Gasteiger partial charge on any atom is -0.493 e. The lowest BCUT2D eigenvalue weighted by molar-refractivity contribution is -0.118. The van der Waals surface area contributed by atoms with Crippen LogP contribution in [0.3, 0.4) is 0 Å². The molecule has 0 fully saturated rings. The normalized spacial score (nSPS) is 10.4. The lowest BCUT2D eigenvalue weighted by atomic mass is 10.2. The van der Waals surface area contributed by atoms with Gasteiger partial charge in [0.1, 0.15) is 11.5 Å². The fraction of sp³-hybridized carbons (Fsp3) is 0.267. The van der Waals surface area contributed by atoms with Crippen molar-refractivity contribution in [1.29, 1.82) is 0 Å². The van der Waals surface area contributed by atoms with Gasteiger partial charge in [0.15, 0.2) is 0 Å². The molecule has 0 saturated heterocycles. The van der Waals surface area contributed by atoms with E-state index in [9.17, 15) is 4.79 Å². The second kappa shape index (κ2) is 6.87. The quantitative estimate of drug-likeness (QED) is 0.780. The molecule has 0 bridgehead atoms. The SMILES string of the molecule is Cc1cccc(OCCC(=O)Cc2cc(Br)cs2)c1. The summed E-state index contributed by atoms with van der Waals surface area (Å²) in [4.78, 5) is 12.9. The number of ketones is 1. The predicted molar refractivity (Wildman–Crippen MR) is 82.0 cm³/mol. The van der Waals surface area contributed by atoms with Gasteiger partial charge in [0.05, 0.1) is 6.61 Å². The zero-order valence-electron chi connectivity index (χ0n) is 10.7. The highest BCUT2D eigenvalue weighted by Gasteiger charge is 2.06. The van der Waals surface area contributed by atoms with Crippen molar-refractivity contribution in [2.45, 2.75) is 19.8 Å². The molecule has 100 valence electrons. The zero-order chi connectivity index (χ0) is 13.7. The summed E-state index contributed by atoms with van der Waals surface area (Å²) >= 11 is 4.99. The first-order valence-corrected chi connectivity index (χ1v) is 7.75. The summed E-state index contributed by atoms with van der Waals surface area (Å²) in [5.74, 6) is 1.04. The summed E-state index contributed by atoms with van der Waals surface area (Å²) in [5.41, 5.74) is 1.16. The van der Waals surface area contributed by atoms with Gasteiger partial charge in [0.2, 0.25) is 0 Å². The smallest absolute Gasteiger partial charge is 0.141 e. The minimum atomic E-state index is 0.210. The third-order valence-corrected chi connectivity index (χ3v) is 4.33. The molecule has 0 spiro atoms. The maximum Gasteiger partial charge on any atom is 0.141 e. The summed E-state index contributed by atoms with van der Waals surface area (Å²) in [7, 11) is 0. The molecule has 1 aromatic heterocycles. The van der Waals surface area contributed by atoms with E-state index in [1.807, 2.05) is 42.6 Å². The van der Waals surface area contributed by atoms with E-state index in [4.69, 9.17) is 4.74 Å². The fourth-order valence-electron chi connectivity index (χ4n) is 1.72. The fourth-order valence-corrected chi connectivity index (χ4v) is 3.20. The number of aryl methyl sites for hydroxylation is 1. The summed E-state index contributed by atoms with van der Waals surface area (Å²) in [5, 5.41) is 1.99. The molecule has 2 nitrogen and oxygen atoms in total. The Bertz CT molecular complexity index is 563. The van der Waals surface area contributed by atoms with E-state index < -0.39 is 0 Å². The third-order valence-electron chi connectivity index (χ3n) is 2.63. The molecule has 4 heteroatoms. The first kappa shape index (κ1) is 14.3. The van der Waals surface area contributed by atoms with E-state index in [1.165, 1.54) is 0 Å². The molecule has 1 aromatic carbocycles. The van der Waals surface area contributed by atoms with Crippen LogP contribution in [0.5, 0.6) is 5.75 Å². The molecular weight excluding hydrogens is 324 g/mol. The van der Waals surface area contributed by atoms with E-state index in [0.717, 1.165) is 20.7 Å². The predicted octanol–water partition coefficient (Wildman–Crippen LogP) is 4.40. The van der Waals surface area contributed by atoms with E-state index in [-0.39, 0.29) is 5.78 Å². The molecule has 0 aliphatic rings. The Morgan fingerprint density at radius 2 is 2.21 bits per heavy atom. The number of benzene rings is 1. The highest BCUT2D eigenvalue weighted by molar-refractivity contribution is 9.10. The van der Waals surface area contributed by atoms with Crippen LogP contribution in [0.4, 0.5) is 0 Å². The number of hydrogen-bond acceptors (Lipinski definition) is 3. The van der Waals surface area contributed by atoms with Crippen LogP contribution in [0.2, 0.25) is 0 Å². The van der Waals surface area contributed by atoms with E-state index in [2.05, 4.69) is 15.9 Å². The van der Waals surface area contributed by atoms with Gasteiger partial charge in [-0.2, -0.15) is 0 Å². The van der Waals surface area contributed by atoms with Crippen LogP contribution in [-0.2, 0) is 11.2 Å². The Morgan fingerprint density at radius 1 is 1.37 bits per heavy atom. The zero-order valence-corrected chi connectivity index (χ0v) is 13.1. The summed E-state index contributed by atoms with van der Waals surface area (Å²) in [6.45, 7) is 2.46. The largest absolute Gasteiger partial charge is 0.493 e. The lowest BCUT2D eigenvalue weighted by Gasteiger charge is -2.06. The second-order valence-electron chi connectivity index (χ2n) is 4.36. The molecule has 0 amide bonds. The van der Waals surface area contributed by atoms with Gasteiger partial charge in [0, 0.05) is 27.6 Å². The Morgan fingerprint density at radius 3 is 2.89 bits per heavy atom. The van der Waals surface area contributed by atoms with Crippen molar-refractivity contribution in [2.24, 2.45) is 0 Å². The van der Waals surface area contributed by atoms with Crippen LogP contribution in [0, 0.1) is 6.92 Å². The molecule has 0 atom stereocenters. The summed E-state index contributed by atoms with van der Waals surface area (Å²) in [6, 6.07) is 9.85. The average molecular weight is 339 g/mol. The maximum atomic E-state index is 11.8. The van der Waals surface area contributed by atoms with Gasteiger partial charge in [-0.15, -0.1) is 11.3 Å². The minimum absolute atomic E-state index is 0.210. The van der Waals surface area contributed by atoms with Crippen LogP contribution < -0.4 is 4.74 Å². The molecule has 0 aliphatic carbocycles. The highest BCUT2D eigenvalue weighted by Crippen LogP contribution is 2.20. The summed E-state index contributed by atoms with van der Waals surface area (Å²) < 4.78 is 6.61. The molecule has 0 saturated carbocycles. The number of hydrogen-bond donors (Lipinski definition) is 0. The Kier molecular flexibility index (Phi) is 5.16. The van der Waals surface area contributed by atoms with Crippen molar-refractivity contribution in [3.8, 4) is 5.75 Å². The van der Waals surface area contributed by atoms with E-state index in [1.54, 1.807) is 11.3 Å². The van der Waals surface area contributed by atoms with E-state index in [0.29, 0.717) is 19.4 Å². The van der Waals surface area contributed by atoms with Crippen LogP contribution in [-0.4, -0.2) is 12.4 Å². The molecule has 0 N–H and O–H groups in total. The van der Waals surface area contributed by atoms with Crippen molar-refractivity contribution in [3.63, 3.8) is 0 Å². The molecule has 2 aromatic rings. The first-order chi connectivity index (χ1) is 9.13. The lowest BCUT2D eigenvalue weighted by Crippen LogP contribution is -2.08. The molecular formula is C15H15BrO2S. The molecule has 0 unspecified atom stereocenters. The average Bonchev–Trinajstić information content (AvgIpc) is 2.75. The number of rotatable bonds is 6. The van der Waals surface area contributed by atoms with Gasteiger partial charge in [-0.25, -0.2) is 0 Å². The van der Waals surface area contributed by atoms with E-state index >= 15 is 0 Å². The Hall–Kier alpha value is -1.13. The van der Waals surface area contributed by atoms with Crippen LogP contribution in [0.25, 0.3) is 0 Å². The number of ether oxygens (including phenoxy) is 1. The van der Waals surface area contributed by atoms with Crippen LogP contribution in [0.1, 0.15) is 16.9 Å². The number of carbonyl (C=O) groups is 1. The second-order valence-corrected chi connectivity index (χ2v) is 6.27. The number of carbonyl (C=O) groups excluding carboxylic acids is 1. The van der Waals surface area contributed by atoms with Crippen molar-refractivity contribution in [2.75, 3.05) is 6.61 Å². The van der Waals surface area contributed by atoms with Gasteiger partial charge in [-0.1, -0.05) is 12.1 Å². The van der Waals surface area contributed by atoms with Gasteiger partial charge in [-0.05, 0) is 46.6 Å². The van der Waals surface area contributed by atoms with Crippen molar-refractivity contribution in [1.82, 2.24) is 0 Å². The van der Waals surface area contributed by atoms with Crippen molar-refractivity contribution >= 4 is 33.0 Å². The number of halogens is 1. The van der Waals surface area contributed by atoms with Gasteiger partial charge in [0.25, 0.3) is 0 Å². The molecule has 0 aliphatic heterocycles. The topological polar surface area (TPSA) is 26.3 Å². The molecule has 2 rings (SSSR count). The molecule has 0 radical (unpaired) electrons. The van der Waals surface area contributed by atoms with Crippen molar-refractivity contribution < 1.29 is 9.53 Å².